The molecule has 0 spiro atoms. The van der Waals surface area contributed by atoms with Gasteiger partial charge in [-0.25, -0.2) is 9.29 Å². The van der Waals surface area contributed by atoms with Crippen LogP contribution in [0.2, 0.25) is 5.02 Å². The van der Waals surface area contributed by atoms with E-state index in [2.05, 4.69) is 0 Å². The van der Waals surface area contributed by atoms with E-state index in [1.807, 2.05) is 6.08 Å². The van der Waals surface area contributed by atoms with E-state index in [1.165, 1.54) is 25.3 Å². The number of imide groups is 2. The van der Waals surface area contributed by atoms with E-state index in [9.17, 15) is 33.5 Å². The smallest absolute Gasteiger partial charge is 0.303 e. The van der Waals surface area contributed by atoms with Gasteiger partial charge in [0.1, 0.15) is 17.3 Å². The first-order valence-corrected chi connectivity index (χ1v) is 14.7. The summed E-state index contributed by atoms with van der Waals surface area (Å²) in [4.78, 5) is 69.0. The number of fused-ring (bicyclic) bond motifs is 4. The van der Waals surface area contributed by atoms with Gasteiger partial charge < -0.3 is 14.9 Å². The normalized spacial score (nSPS) is 29.4. The van der Waals surface area contributed by atoms with Crippen LogP contribution in [0.5, 0.6) is 11.5 Å². The van der Waals surface area contributed by atoms with E-state index in [0.717, 1.165) is 15.9 Å². The number of aromatic hydroxyl groups is 1. The number of amides is 4. The summed E-state index contributed by atoms with van der Waals surface area (Å²) in [6.07, 6.45) is 2.05. The number of phenolic OH excluding ortho intramolecular Hbond substituents is 1. The van der Waals surface area contributed by atoms with Gasteiger partial charge in [0.15, 0.2) is 0 Å². The minimum atomic E-state index is -1.43. The second kappa shape index (κ2) is 10.7. The van der Waals surface area contributed by atoms with Gasteiger partial charge in [0.25, 0.3) is 0 Å². The topological polar surface area (TPSA) is 142 Å². The fourth-order valence-corrected chi connectivity index (χ4v) is 7.97. The molecular weight excluding hydrogens is 595 g/mol. The zero-order valence-electron chi connectivity index (χ0n) is 24.0. The first kappa shape index (κ1) is 29.8. The Labute approximate surface area is 257 Å². The Morgan fingerprint density at radius 3 is 2.52 bits per heavy atom. The van der Waals surface area contributed by atoms with Crippen LogP contribution in [0.25, 0.3) is 0 Å². The predicted molar refractivity (Wildman–Crippen MR) is 154 cm³/mol. The lowest BCUT2D eigenvalue weighted by atomic mass is 9.51. The number of likely N-dealkylation sites (tertiary alicyclic amines) is 1. The van der Waals surface area contributed by atoms with E-state index in [4.69, 9.17) is 21.4 Å². The third kappa shape index (κ3) is 4.31. The zero-order chi connectivity index (χ0) is 31.7. The first-order valence-electron chi connectivity index (χ1n) is 14.4. The summed E-state index contributed by atoms with van der Waals surface area (Å²) in [5.41, 5.74) is -0.324. The molecule has 4 aliphatic rings. The molecule has 2 N–H and O–H groups in total. The Balaban J connectivity index is 1.48. The molecule has 6 unspecified atom stereocenters. The lowest BCUT2D eigenvalue weighted by molar-refractivity contribution is -0.142. The zero-order valence-corrected chi connectivity index (χ0v) is 24.7. The highest BCUT2D eigenvalue weighted by Crippen LogP contribution is 2.64. The molecule has 10 nitrogen and oxygen atoms in total. The SMILES string of the molecule is COc1ccc(O)c(C2C3=CCC4C(=O)N(CCCC(=O)O)C(=O)C4C3CC3C(=O)N(c4ccc(F)c(Cl)c4)C(=O)C32C)c1. The maximum absolute atomic E-state index is 14.4. The van der Waals surface area contributed by atoms with Crippen molar-refractivity contribution in [2.24, 2.45) is 29.1 Å². The number of carboxylic acids is 1. The highest BCUT2D eigenvalue weighted by molar-refractivity contribution is 6.31. The molecule has 6 rings (SSSR count). The Morgan fingerprint density at radius 2 is 1.84 bits per heavy atom. The molecule has 3 fully saturated rings. The van der Waals surface area contributed by atoms with Crippen LogP contribution in [0.1, 0.15) is 44.1 Å². The summed E-state index contributed by atoms with van der Waals surface area (Å²) in [6, 6.07) is 8.19. The average Bonchev–Trinajstić information content (AvgIpc) is 3.34. The number of methoxy groups -OCH3 is 1. The quantitative estimate of drug-likeness (QED) is 0.343. The summed E-state index contributed by atoms with van der Waals surface area (Å²) in [5.74, 6) is -7.35. The average molecular weight is 625 g/mol. The van der Waals surface area contributed by atoms with Gasteiger partial charge in [-0.2, -0.15) is 0 Å². The van der Waals surface area contributed by atoms with Crippen LogP contribution in [0.15, 0.2) is 48.0 Å². The van der Waals surface area contributed by atoms with Crippen molar-refractivity contribution < 1.29 is 43.3 Å². The number of allylic oxidation sites excluding steroid dienone is 2. The molecule has 2 heterocycles. The molecule has 0 aromatic heterocycles. The second-order valence-electron chi connectivity index (χ2n) is 12.0. The molecule has 2 aliphatic heterocycles. The largest absolute Gasteiger partial charge is 0.508 e. The van der Waals surface area contributed by atoms with Crippen molar-refractivity contribution >= 4 is 46.9 Å². The Bertz CT molecular complexity index is 1660. The number of benzene rings is 2. The lowest BCUT2D eigenvalue weighted by Crippen LogP contribution is -2.48. The fraction of sp³-hybridized carbons (Fsp3) is 0.406. The molecule has 1 saturated carbocycles. The highest BCUT2D eigenvalue weighted by Gasteiger charge is 2.67. The van der Waals surface area contributed by atoms with Crippen molar-refractivity contribution in [1.82, 2.24) is 4.90 Å². The summed E-state index contributed by atoms with van der Waals surface area (Å²) in [6.45, 7) is 1.63. The summed E-state index contributed by atoms with van der Waals surface area (Å²) < 4.78 is 19.5. The number of aliphatic carboxylic acids is 1. The number of anilines is 1. The molecular formula is C32H30ClFN2O8. The third-order valence-corrected chi connectivity index (χ3v) is 10.1. The van der Waals surface area contributed by atoms with E-state index in [-0.39, 0.29) is 54.6 Å². The number of hydrogen-bond donors (Lipinski definition) is 2. The van der Waals surface area contributed by atoms with E-state index in [1.54, 1.807) is 19.1 Å². The summed E-state index contributed by atoms with van der Waals surface area (Å²) in [5, 5.41) is 19.9. The molecule has 230 valence electrons. The third-order valence-electron chi connectivity index (χ3n) is 9.85. The molecule has 0 radical (unpaired) electrons. The van der Waals surface area contributed by atoms with Crippen molar-refractivity contribution in [1.29, 1.82) is 0 Å². The number of rotatable bonds is 7. The number of hydrogen-bond acceptors (Lipinski definition) is 7. The van der Waals surface area contributed by atoms with Crippen molar-refractivity contribution in [3.8, 4) is 11.5 Å². The van der Waals surface area contributed by atoms with Crippen LogP contribution in [0, 0.1) is 34.9 Å². The van der Waals surface area contributed by atoms with Crippen LogP contribution < -0.4 is 9.64 Å². The molecule has 0 bridgehead atoms. The van der Waals surface area contributed by atoms with Gasteiger partial charge in [-0.1, -0.05) is 23.3 Å². The van der Waals surface area contributed by atoms with Gasteiger partial charge in [-0.15, -0.1) is 0 Å². The van der Waals surface area contributed by atoms with Gasteiger partial charge in [0, 0.05) is 24.4 Å². The summed E-state index contributed by atoms with van der Waals surface area (Å²) in [7, 11) is 1.46. The van der Waals surface area contributed by atoms with E-state index >= 15 is 0 Å². The van der Waals surface area contributed by atoms with Crippen LogP contribution in [0.4, 0.5) is 10.1 Å². The van der Waals surface area contributed by atoms with Crippen molar-refractivity contribution in [2.75, 3.05) is 18.6 Å². The van der Waals surface area contributed by atoms with Crippen LogP contribution in [-0.4, -0.2) is 58.4 Å². The molecule has 12 heteroatoms. The van der Waals surface area contributed by atoms with Crippen molar-refractivity contribution in [2.45, 2.75) is 38.5 Å². The van der Waals surface area contributed by atoms with Crippen LogP contribution in [0.3, 0.4) is 0 Å². The van der Waals surface area contributed by atoms with Gasteiger partial charge in [0.2, 0.25) is 23.6 Å². The number of ether oxygens (including phenoxy) is 1. The van der Waals surface area contributed by atoms with Crippen LogP contribution >= 0.6 is 11.6 Å². The molecule has 2 aliphatic carbocycles. The van der Waals surface area contributed by atoms with E-state index < -0.39 is 64.5 Å². The molecule has 44 heavy (non-hydrogen) atoms. The number of nitrogens with zero attached hydrogens (tertiary/aromatic N) is 2. The maximum atomic E-state index is 14.4. The Kier molecular flexibility index (Phi) is 7.27. The van der Waals surface area contributed by atoms with Crippen molar-refractivity contribution in [3.63, 3.8) is 0 Å². The monoisotopic (exact) mass is 624 g/mol. The molecule has 2 saturated heterocycles. The van der Waals surface area contributed by atoms with Gasteiger partial charge in [-0.05, 0) is 68.5 Å². The minimum Gasteiger partial charge on any atom is -0.508 e. The molecule has 6 atom stereocenters. The minimum absolute atomic E-state index is 0.0310. The molecule has 2 aromatic rings. The number of carboxylic acid groups (broad SMARTS) is 1. The predicted octanol–water partition coefficient (Wildman–Crippen LogP) is 4.29. The van der Waals surface area contributed by atoms with Crippen LogP contribution in [-0.2, 0) is 24.0 Å². The lowest BCUT2D eigenvalue weighted by Gasteiger charge is -2.49. The number of phenols is 1. The maximum Gasteiger partial charge on any atom is 0.303 e. The highest BCUT2D eigenvalue weighted by atomic mass is 35.5. The first-order chi connectivity index (χ1) is 20.9. The molecule has 4 amide bonds. The second-order valence-corrected chi connectivity index (χ2v) is 12.4. The van der Waals surface area contributed by atoms with Gasteiger partial charge in [-0.3, -0.25) is 28.9 Å². The fourth-order valence-electron chi connectivity index (χ4n) is 7.79. The Hall–Kier alpha value is -4.25. The summed E-state index contributed by atoms with van der Waals surface area (Å²) >= 11 is 6.02. The Morgan fingerprint density at radius 1 is 1.09 bits per heavy atom. The van der Waals surface area contributed by atoms with E-state index in [0.29, 0.717) is 16.9 Å². The molecule has 2 aromatic carbocycles. The van der Waals surface area contributed by atoms with Gasteiger partial charge in [0.05, 0.1) is 41.0 Å². The van der Waals surface area contributed by atoms with Crippen molar-refractivity contribution in [3.05, 3.63) is 64.5 Å². The number of halogens is 2. The number of carbonyl (C=O) groups excluding carboxylic acids is 4. The number of carbonyl (C=O) groups is 5. The standard InChI is InChI=1S/C32H30ClFN2O8/c1-32-21(29(41)36(31(32)43)15-5-9-23(34)22(33)12-15)14-19-17(27(32)20-13-16(44-2)6-10-24(20)37)7-8-18-26(19)30(42)35(28(18)40)11-3-4-25(38)39/h5-7,9-10,12-13,18-19,21,26-27,37H,3-4,8,11,14H2,1-2H3,(H,38,39). The van der Waals surface area contributed by atoms with Gasteiger partial charge >= 0.3 is 5.97 Å².